The van der Waals surface area contributed by atoms with E-state index < -0.39 is 0 Å². The lowest BCUT2D eigenvalue weighted by Crippen LogP contribution is -2.01. The second kappa shape index (κ2) is 4.87. The molecule has 2 rings (SSSR count). The molecule has 0 unspecified atom stereocenters. The molecular formula is C14H16N2O. The normalized spacial score (nSPS) is 10.2. The van der Waals surface area contributed by atoms with Crippen LogP contribution in [0.25, 0.3) is 0 Å². The predicted molar refractivity (Wildman–Crippen MR) is 69.1 cm³/mol. The van der Waals surface area contributed by atoms with Gasteiger partial charge >= 0.3 is 0 Å². The zero-order valence-electron chi connectivity index (χ0n) is 10.1. The lowest BCUT2D eigenvalue weighted by Gasteiger charge is -2.09. The van der Waals surface area contributed by atoms with Crippen molar-refractivity contribution in [3.05, 3.63) is 53.3 Å². The molecule has 0 spiro atoms. The van der Waals surface area contributed by atoms with Crippen molar-refractivity contribution in [1.29, 1.82) is 0 Å². The summed E-state index contributed by atoms with van der Waals surface area (Å²) in [7, 11) is 0. The molecule has 0 aliphatic heterocycles. The SMILES string of the molecule is Cc1cc(NCc2ccccc2O)cnc1C. The van der Waals surface area contributed by atoms with Crippen molar-refractivity contribution in [2.24, 2.45) is 0 Å². The standard InChI is InChI=1S/C14H16N2O/c1-10-7-13(9-15-11(10)2)16-8-12-5-3-4-6-14(12)17/h3-7,9,16-17H,8H2,1-2H3. The zero-order valence-corrected chi connectivity index (χ0v) is 10.1. The van der Waals surface area contributed by atoms with Crippen LogP contribution in [0.5, 0.6) is 5.75 Å². The number of nitrogens with one attached hydrogen (secondary N) is 1. The van der Waals surface area contributed by atoms with Gasteiger partial charge in [0, 0.05) is 17.8 Å². The Kier molecular flexibility index (Phi) is 3.28. The van der Waals surface area contributed by atoms with Crippen molar-refractivity contribution in [2.45, 2.75) is 20.4 Å². The van der Waals surface area contributed by atoms with Crippen molar-refractivity contribution < 1.29 is 5.11 Å². The lowest BCUT2D eigenvalue weighted by molar-refractivity contribution is 0.469. The highest BCUT2D eigenvalue weighted by Gasteiger charge is 2.00. The van der Waals surface area contributed by atoms with Crippen LogP contribution in [0.3, 0.4) is 0 Å². The third kappa shape index (κ3) is 2.75. The predicted octanol–water partition coefficient (Wildman–Crippen LogP) is 3.02. The number of anilines is 1. The summed E-state index contributed by atoms with van der Waals surface area (Å²) in [6.07, 6.45) is 1.81. The molecule has 0 bridgehead atoms. The molecule has 1 aromatic carbocycles. The van der Waals surface area contributed by atoms with Gasteiger partial charge in [0.1, 0.15) is 5.75 Å². The fourth-order valence-electron chi connectivity index (χ4n) is 1.60. The first kappa shape index (κ1) is 11.5. The summed E-state index contributed by atoms with van der Waals surface area (Å²) in [5, 5.41) is 12.9. The third-order valence-electron chi connectivity index (χ3n) is 2.81. The minimum atomic E-state index is 0.316. The highest BCUT2D eigenvalue weighted by atomic mass is 16.3. The van der Waals surface area contributed by atoms with Crippen LogP contribution in [0.2, 0.25) is 0 Å². The number of hydrogen-bond acceptors (Lipinski definition) is 3. The third-order valence-corrected chi connectivity index (χ3v) is 2.81. The Labute approximate surface area is 101 Å². The molecular weight excluding hydrogens is 212 g/mol. The van der Waals surface area contributed by atoms with Crippen molar-refractivity contribution in [3.8, 4) is 5.75 Å². The number of para-hydroxylation sites is 1. The van der Waals surface area contributed by atoms with Crippen LogP contribution < -0.4 is 5.32 Å². The van der Waals surface area contributed by atoms with Gasteiger partial charge in [0.15, 0.2) is 0 Å². The molecule has 3 nitrogen and oxygen atoms in total. The van der Waals surface area contributed by atoms with E-state index in [-0.39, 0.29) is 0 Å². The molecule has 2 aromatic rings. The molecule has 3 heteroatoms. The van der Waals surface area contributed by atoms with Gasteiger partial charge in [-0.2, -0.15) is 0 Å². The minimum Gasteiger partial charge on any atom is -0.508 e. The van der Waals surface area contributed by atoms with Crippen molar-refractivity contribution in [2.75, 3.05) is 5.32 Å². The van der Waals surface area contributed by atoms with Gasteiger partial charge in [-0.15, -0.1) is 0 Å². The van der Waals surface area contributed by atoms with Gasteiger partial charge in [-0.05, 0) is 31.5 Å². The van der Waals surface area contributed by atoms with Crippen molar-refractivity contribution in [3.63, 3.8) is 0 Å². The van der Waals surface area contributed by atoms with Crippen LogP contribution in [-0.4, -0.2) is 10.1 Å². The van der Waals surface area contributed by atoms with Crippen LogP contribution in [0.4, 0.5) is 5.69 Å². The molecule has 0 aliphatic rings. The average molecular weight is 228 g/mol. The quantitative estimate of drug-likeness (QED) is 0.848. The molecule has 1 aromatic heterocycles. The summed E-state index contributed by atoms with van der Waals surface area (Å²) in [5.74, 6) is 0.316. The summed E-state index contributed by atoms with van der Waals surface area (Å²) in [5.41, 5.74) is 4.05. The van der Waals surface area contributed by atoms with Gasteiger partial charge in [-0.1, -0.05) is 18.2 Å². The highest BCUT2D eigenvalue weighted by Crippen LogP contribution is 2.18. The first-order valence-corrected chi connectivity index (χ1v) is 5.61. The number of aryl methyl sites for hydroxylation is 2. The van der Waals surface area contributed by atoms with E-state index in [2.05, 4.69) is 16.4 Å². The number of hydrogen-bond donors (Lipinski definition) is 2. The van der Waals surface area contributed by atoms with Crippen LogP contribution in [-0.2, 0) is 6.54 Å². The Balaban J connectivity index is 2.08. The molecule has 2 N–H and O–H groups in total. The second-order valence-electron chi connectivity index (χ2n) is 4.11. The van der Waals surface area contributed by atoms with Gasteiger partial charge < -0.3 is 10.4 Å². The van der Waals surface area contributed by atoms with E-state index in [9.17, 15) is 5.11 Å². The highest BCUT2D eigenvalue weighted by molar-refractivity contribution is 5.46. The monoisotopic (exact) mass is 228 g/mol. The van der Waals surface area contributed by atoms with E-state index in [1.807, 2.05) is 38.2 Å². The fraction of sp³-hybridized carbons (Fsp3) is 0.214. The second-order valence-corrected chi connectivity index (χ2v) is 4.11. The number of phenols is 1. The van der Waals surface area contributed by atoms with E-state index in [1.54, 1.807) is 6.07 Å². The Morgan fingerprint density at radius 3 is 2.71 bits per heavy atom. The molecule has 0 saturated carbocycles. The van der Waals surface area contributed by atoms with Gasteiger partial charge in [-0.25, -0.2) is 0 Å². The molecule has 0 aliphatic carbocycles. The number of aromatic nitrogens is 1. The maximum atomic E-state index is 9.63. The van der Waals surface area contributed by atoms with Gasteiger partial charge in [0.25, 0.3) is 0 Å². The van der Waals surface area contributed by atoms with Crippen LogP contribution in [0.1, 0.15) is 16.8 Å². The Morgan fingerprint density at radius 2 is 2.00 bits per heavy atom. The summed E-state index contributed by atoms with van der Waals surface area (Å²) in [4.78, 5) is 4.29. The van der Waals surface area contributed by atoms with E-state index in [0.29, 0.717) is 12.3 Å². The van der Waals surface area contributed by atoms with Gasteiger partial charge in [-0.3, -0.25) is 4.98 Å². The van der Waals surface area contributed by atoms with Crippen LogP contribution >= 0.6 is 0 Å². The van der Waals surface area contributed by atoms with E-state index in [4.69, 9.17) is 0 Å². The number of rotatable bonds is 3. The molecule has 0 fully saturated rings. The molecule has 17 heavy (non-hydrogen) atoms. The molecule has 0 saturated heterocycles. The fourth-order valence-corrected chi connectivity index (χ4v) is 1.60. The first-order chi connectivity index (χ1) is 8.16. The maximum Gasteiger partial charge on any atom is 0.120 e. The molecule has 0 atom stereocenters. The summed E-state index contributed by atoms with van der Waals surface area (Å²) < 4.78 is 0. The largest absolute Gasteiger partial charge is 0.508 e. The number of aromatic hydroxyl groups is 1. The first-order valence-electron chi connectivity index (χ1n) is 5.61. The smallest absolute Gasteiger partial charge is 0.120 e. The number of phenolic OH excluding ortho intramolecular Hbond substituents is 1. The van der Waals surface area contributed by atoms with Crippen molar-refractivity contribution in [1.82, 2.24) is 4.98 Å². The lowest BCUT2D eigenvalue weighted by atomic mass is 10.2. The molecule has 1 heterocycles. The molecule has 0 amide bonds. The Morgan fingerprint density at radius 1 is 1.24 bits per heavy atom. The average Bonchev–Trinajstić information content (AvgIpc) is 2.32. The minimum absolute atomic E-state index is 0.316. The van der Waals surface area contributed by atoms with E-state index in [1.165, 1.54) is 0 Å². The summed E-state index contributed by atoms with van der Waals surface area (Å²) in [6.45, 7) is 4.62. The maximum absolute atomic E-state index is 9.63. The number of nitrogens with zero attached hydrogens (tertiary/aromatic N) is 1. The van der Waals surface area contributed by atoms with Crippen LogP contribution in [0.15, 0.2) is 36.5 Å². The van der Waals surface area contributed by atoms with E-state index >= 15 is 0 Å². The van der Waals surface area contributed by atoms with Crippen molar-refractivity contribution >= 4 is 5.69 Å². The van der Waals surface area contributed by atoms with Crippen LogP contribution in [0, 0.1) is 13.8 Å². The summed E-state index contributed by atoms with van der Waals surface area (Å²) in [6, 6.07) is 9.38. The molecule has 0 radical (unpaired) electrons. The summed E-state index contributed by atoms with van der Waals surface area (Å²) >= 11 is 0. The topological polar surface area (TPSA) is 45.1 Å². The number of pyridine rings is 1. The Hall–Kier alpha value is -2.03. The van der Waals surface area contributed by atoms with E-state index in [0.717, 1.165) is 22.5 Å². The zero-order chi connectivity index (χ0) is 12.3. The molecule has 88 valence electrons. The Bertz CT molecular complexity index is 523. The van der Waals surface area contributed by atoms with Gasteiger partial charge in [0.05, 0.1) is 11.9 Å². The van der Waals surface area contributed by atoms with Gasteiger partial charge in [0.2, 0.25) is 0 Å². The number of benzene rings is 1.